The molecule has 4 rings (SSSR count). The van der Waals surface area contributed by atoms with Crippen LogP contribution in [0.25, 0.3) is 0 Å². The second-order valence-electron chi connectivity index (χ2n) is 9.35. The first-order valence-corrected chi connectivity index (χ1v) is 11.8. The zero-order valence-corrected chi connectivity index (χ0v) is 19.5. The van der Waals surface area contributed by atoms with E-state index in [2.05, 4.69) is 15.5 Å². The molecule has 0 atom stereocenters. The van der Waals surface area contributed by atoms with Gasteiger partial charge in [0.2, 0.25) is 5.91 Å². The molecule has 1 aliphatic carbocycles. The highest BCUT2D eigenvalue weighted by Gasteiger charge is 2.35. The van der Waals surface area contributed by atoms with Crippen LogP contribution < -0.4 is 16.2 Å². The molecular formula is C25H29F3N4O3. The van der Waals surface area contributed by atoms with E-state index in [1.54, 1.807) is 0 Å². The van der Waals surface area contributed by atoms with Crippen molar-refractivity contribution in [2.45, 2.75) is 56.9 Å². The van der Waals surface area contributed by atoms with Gasteiger partial charge in [-0.05, 0) is 56.9 Å². The molecule has 2 amide bonds. The van der Waals surface area contributed by atoms with Gasteiger partial charge in [0, 0.05) is 42.5 Å². The summed E-state index contributed by atoms with van der Waals surface area (Å²) < 4.78 is 40.3. The van der Waals surface area contributed by atoms with Gasteiger partial charge < -0.3 is 15.2 Å². The van der Waals surface area contributed by atoms with E-state index in [1.807, 2.05) is 29.8 Å². The first-order chi connectivity index (χ1) is 16.6. The molecule has 188 valence electrons. The van der Waals surface area contributed by atoms with E-state index in [0.29, 0.717) is 19.1 Å². The fraction of sp³-hybridized carbons (Fsp3) is 0.480. The number of alkyl halides is 3. The summed E-state index contributed by atoms with van der Waals surface area (Å²) in [6.07, 6.45) is 1.16. The summed E-state index contributed by atoms with van der Waals surface area (Å²) in [5.74, 6) is -1.11. The Hall–Kier alpha value is -3.14. The van der Waals surface area contributed by atoms with Gasteiger partial charge in [-0.25, -0.2) is 0 Å². The van der Waals surface area contributed by atoms with E-state index >= 15 is 0 Å². The zero-order valence-electron chi connectivity index (χ0n) is 19.5. The predicted molar refractivity (Wildman–Crippen MR) is 124 cm³/mol. The van der Waals surface area contributed by atoms with Crippen LogP contribution in [0, 0.1) is 6.92 Å². The average Bonchev–Trinajstić information content (AvgIpc) is 2.81. The normalized spacial score (nSPS) is 21.3. The molecule has 1 saturated carbocycles. The SMILES string of the molecule is Cc1cccn([C@H]2CC[C@@H](N3CC(NC(=O)CNC(=O)c4cccc(C(F)(F)F)c4)C3)CC2)c1=O. The van der Waals surface area contributed by atoms with Crippen molar-refractivity contribution in [3.8, 4) is 0 Å². The van der Waals surface area contributed by atoms with E-state index < -0.39 is 17.6 Å². The molecule has 0 radical (unpaired) electrons. The monoisotopic (exact) mass is 490 g/mol. The predicted octanol–water partition coefficient (Wildman–Crippen LogP) is 2.89. The Morgan fingerprint density at radius 3 is 2.40 bits per heavy atom. The first-order valence-electron chi connectivity index (χ1n) is 11.8. The second kappa shape index (κ2) is 10.2. The van der Waals surface area contributed by atoms with Gasteiger partial charge in [0.15, 0.2) is 0 Å². The molecule has 0 bridgehead atoms. The minimum atomic E-state index is -4.54. The number of rotatable bonds is 6. The molecule has 1 saturated heterocycles. The number of aryl methyl sites for hydroxylation is 1. The van der Waals surface area contributed by atoms with Crippen molar-refractivity contribution in [1.82, 2.24) is 20.1 Å². The van der Waals surface area contributed by atoms with Crippen molar-refractivity contribution in [2.24, 2.45) is 0 Å². The van der Waals surface area contributed by atoms with Crippen molar-refractivity contribution in [3.05, 3.63) is 69.6 Å². The Balaban J connectivity index is 1.17. The third kappa shape index (κ3) is 5.93. The van der Waals surface area contributed by atoms with Crippen LogP contribution in [0.3, 0.4) is 0 Å². The fourth-order valence-electron chi connectivity index (χ4n) is 4.89. The minimum absolute atomic E-state index is 0.0231. The van der Waals surface area contributed by atoms with Crippen LogP contribution in [-0.2, 0) is 11.0 Å². The third-order valence-corrected chi connectivity index (χ3v) is 6.88. The Morgan fingerprint density at radius 2 is 1.71 bits per heavy atom. The molecule has 0 unspecified atom stereocenters. The minimum Gasteiger partial charge on any atom is -0.349 e. The molecular weight excluding hydrogens is 461 g/mol. The molecule has 1 aromatic carbocycles. The van der Waals surface area contributed by atoms with Gasteiger partial charge in [-0.1, -0.05) is 12.1 Å². The molecule has 1 aliphatic heterocycles. The summed E-state index contributed by atoms with van der Waals surface area (Å²) in [4.78, 5) is 39.0. The van der Waals surface area contributed by atoms with Crippen molar-refractivity contribution < 1.29 is 22.8 Å². The lowest BCUT2D eigenvalue weighted by atomic mass is 9.87. The van der Waals surface area contributed by atoms with Gasteiger partial charge in [-0.15, -0.1) is 0 Å². The smallest absolute Gasteiger partial charge is 0.349 e. The average molecular weight is 491 g/mol. The molecule has 2 aromatic rings. The topological polar surface area (TPSA) is 83.4 Å². The fourth-order valence-corrected chi connectivity index (χ4v) is 4.89. The van der Waals surface area contributed by atoms with E-state index in [-0.39, 0.29) is 35.7 Å². The molecule has 1 aromatic heterocycles. The van der Waals surface area contributed by atoms with Gasteiger partial charge in [0.05, 0.1) is 18.2 Å². The van der Waals surface area contributed by atoms with Gasteiger partial charge in [0.1, 0.15) is 0 Å². The number of hydrogen-bond acceptors (Lipinski definition) is 4. The number of aromatic nitrogens is 1. The summed E-state index contributed by atoms with van der Waals surface area (Å²) in [7, 11) is 0. The molecule has 2 aliphatic rings. The number of carbonyl (C=O) groups is 2. The lowest BCUT2D eigenvalue weighted by molar-refractivity contribution is -0.137. The highest BCUT2D eigenvalue weighted by Crippen LogP contribution is 2.32. The summed E-state index contributed by atoms with van der Waals surface area (Å²) in [5, 5.41) is 5.23. The third-order valence-electron chi connectivity index (χ3n) is 6.88. The Labute approximate surface area is 201 Å². The van der Waals surface area contributed by atoms with Crippen LogP contribution in [0.5, 0.6) is 0 Å². The maximum absolute atomic E-state index is 12.8. The maximum Gasteiger partial charge on any atom is 0.416 e. The van der Waals surface area contributed by atoms with Crippen molar-refractivity contribution >= 4 is 11.8 Å². The molecule has 2 heterocycles. The van der Waals surface area contributed by atoms with Crippen LogP contribution in [0.15, 0.2) is 47.4 Å². The van der Waals surface area contributed by atoms with Gasteiger partial charge in [0.25, 0.3) is 11.5 Å². The van der Waals surface area contributed by atoms with Crippen molar-refractivity contribution in [3.63, 3.8) is 0 Å². The Morgan fingerprint density at radius 1 is 1.03 bits per heavy atom. The van der Waals surface area contributed by atoms with Crippen LogP contribution >= 0.6 is 0 Å². The maximum atomic E-state index is 12.8. The standard InChI is InChI=1S/C25H29F3N4O3/c1-16-4-3-11-32(24(16)35)21-9-7-20(8-10-21)31-14-19(15-31)30-22(33)13-29-23(34)17-5-2-6-18(12-17)25(26,27)28/h2-6,11-12,19-21H,7-10,13-15H2,1H3,(H,29,34)(H,30,33)/t20-,21+. The van der Waals surface area contributed by atoms with E-state index in [1.165, 1.54) is 6.07 Å². The molecule has 35 heavy (non-hydrogen) atoms. The van der Waals surface area contributed by atoms with Crippen molar-refractivity contribution in [1.29, 1.82) is 0 Å². The number of likely N-dealkylation sites (tertiary alicyclic amines) is 1. The molecule has 0 spiro atoms. The zero-order chi connectivity index (χ0) is 25.2. The highest BCUT2D eigenvalue weighted by atomic mass is 19.4. The second-order valence-corrected chi connectivity index (χ2v) is 9.35. The van der Waals surface area contributed by atoms with Gasteiger partial charge in [-0.2, -0.15) is 13.2 Å². The van der Waals surface area contributed by atoms with Crippen LogP contribution in [0.2, 0.25) is 0 Å². The van der Waals surface area contributed by atoms with Crippen LogP contribution in [0.1, 0.15) is 53.2 Å². The summed E-state index contributed by atoms with van der Waals surface area (Å²) in [6.45, 7) is 2.96. The van der Waals surface area contributed by atoms with E-state index in [0.717, 1.165) is 49.4 Å². The number of nitrogens with one attached hydrogen (secondary N) is 2. The lowest BCUT2D eigenvalue weighted by Crippen LogP contribution is -2.63. The Kier molecular flexibility index (Phi) is 7.30. The van der Waals surface area contributed by atoms with Crippen LogP contribution in [-0.4, -0.2) is 53.0 Å². The van der Waals surface area contributed by atoms with E-state index in [9.17, 15) is 27.6 Å². The number of benzene rings is 1. The number of hydrogen-bond donors (Lipinski definition) is 2. The largest absolute Gasteiger partial charge is 0.416 e. The summed E-state index contributed by atoms with van der Waals surface area (Å²) in [5.41, 5.74) is -0.236. The van der Waals surface area contributed by atoms with Gasteiger partial charge in [-0.3, -0.25) is 19.3 Å². The number of amides is 2. The number of nitrogens with zero attached hydrogens (tertiary/aromatic N) is 2. The number of pyridine rings is 1. The molecule has 10 heteroatoms. The molecule has 7 nitrogen and oxygen atoms in total. The first kappa shape index (κ1) is 25.0. The quantitative estimate of drug-likeness (QED) is 0.653. The van der Waals surface area contributed by atoms with Gasteiger partial charge >= 0.3 is 6.18 Å². The number of carbonyl (C=O) groups excluding carboxylic acids is 2. The summed E-state index contributed by atoms with van der Waals surface area (Å²) in [6, 6.07) is 8.44. The number of halogens is 3. The molecule has 2 N–H and O–H groups in total. The summed E-state index contributed by atoms with van der Waals surface area (Å²) >= 11 is 0. The highest BCUT2D eigenvalue weighted by molar-refractivity contribution is 5.96. The van der Waals surface area contributed by atoms with Crippen LogP contribution in [0.4, 0.5) is 13.2 Å². The molecule has 2 fully saturated rings. The Bertz CT molecular complexity index is 1130. The van der Waals surface area contributed by atoms with E-state index in [4.69, 9.17) is 0 Å². The van der Waals surface area contributed by atoms with Crippen molar-refractivity contribution in [2.75, 3.05) is 19.6 Å². The lowest BCUT2D eigenvalue weighted by Gasteiger charge is -2.46.